The van der Waals surface area contributed by atoms with Crippen molar-refractivity contribution in [3.8, 4) is 0 Å². The van der Waals surface area contributed by atoms with Crippen LogP contribution < -0.4 is 10.2 Å². The van der Waals surface area contributed by atoms with Gasteiger partial charge in [0.05, 0.1) is 18.4 Å². The van der Waals surface area contributed by atoms with Crippen molar-refractivity contribution in [3.05, 3.63) is 29.3 Å². The fourth-order valence-corrected chi connectivity index (χ4v) is 2.67. The summed E-state index contributed by atoms with van der Waals surface area (Å²) in [6.45, 7) is 4.84. The first-order valence-electron chi connectivity index (χ1n) is 7.05. The average molecular weight is 290 g/mol. The first-order chi connectivity index (χ1) is 9.87. The number of anilines is 1. The summed E-state index contributed by atoms with van der Waals surface area (Å²) in [6, 6.07) is 5.78. The number of likely N-dealkylation sites (N-methyl/N-ethyl adjacent to an activating group) is 1. The molecule has 1 aliphatic heterocycles. The lowest BCUT2D eigenvalue weighted by molar-refractivity contribution is -0.122. The third-order valence-corrected chi connectivity index (χ3v) is 3.93. The van der Waals surface area contributed by atoms with Gasteiger partial charge in [-0.25, -0.2) is 0 Å². The van der Waals surface area contributed by atoms with Crippen LogP contribution in [-0.4, -0.2) is 39.1 Å². The van der Waals surface area contributed by atoms with Crippen LogP contribution in [0.25, 0.3) is 0 Å². The van der Waals surface area contributed by atoms with E-state index in [0.29, 0.717) is 19.6 Å². The quantitative estimate of drug-likeness (QED) is 0.830. The van der Waals surface area contributed by atoms with Gasteiger partial charge >= 0.3 is 0 Å². The first kappa shape index (κ1) is 15.5. The molecular formula is C16H22N2O3. The second-order valence-corrected chi connectivity index (χ2v) is 5.86. The van der Waals surface area contributed by atoms with E-state index in [2.05, 4.69) is 5.32 Å². The Bertz CT molecular complexity index is 567. The van der Waals surface area contributed by atoms with Gasteiger partial charge in [-0.3, -0.25) is 9.59 Å². The maximum Gasteiger partial charge on any atom is 0.236 e. The number of methoxy groups -OCH3 is 1. The molecule has 2 amide bonds. The van der Waals surface area contributed by atoms with Crippen LogP contribution in [-0.2, 0) is 26.2 Å². The number of carbonyl (C=O) groups excluding carboxylic acids is 2. The molecule has 1 aromatic carbocycles. The zero-order valence-electron chi connectivity index (χ0n) is 13.0. The van der Waals surface area contributed by atoms with Crippen LogP contribution in [0.1, 0.15) is 25.0 Å². The van der Waals surface area contributed by atoms with Crippen LogP contribution in [0.2, 0.25) is 0 Å². The normalized spacial score (nSPS) is 16.0. The molecule has 1 N–H and O–H groups in total. The number of carbonyl (C=O) groups is 2. The van der Waals surface area contributed by atoms with E-state index in [0.717, 1.165) is 16.8 Å². The fraction of sp³-hybridized carbons (Fsp3) is 0.500. The molecule has 21 heavy (non-hydrogen) atoms. The Kier molecular flexibility index (Phi) is 4.32. The number of ether oxygens (including phenoxy) is 1. The minimum Gasteiger partial charge on any atom is -0.383 e. The SMILES string of the molecule is COCCNC(=O)Cc1ccc2c(c1)C(C)(C)C(=O)N2C. The highest BCUT2D eigenvalue weighted by Gasteiger charge is 2.42. The third-order valence-electron chi connectivity index (χ3n) is 3.93. The molecule has 114 valence electrons. The number of benzene rings is 1. The minimum atomic E-state index is -0.535. The molecule has 0 spiro atoms. The summed E-state index contributed by atoms with van der Waals surface area (Å²) in [6.07, 6.45) is 0.310. The van der Waals surface area contributed by atoms with E-state index in [9.17, 15) is 9.59 Å². The largest absolute Gasteiger partial charge is 0.383 e. The Morgan fingerprint density at radius 1 is 1.38 bits per heavy atom. The van der Waals surface area contributed by atoms with E-state index in [1.165, 1.54) is 0 Å². The minimum absolute atomic E-state index is 0.0394. The van der Waals surface area contributed by atoms with Crippen LogP contribution >= 0.6 is 0 Å². The second-order valence-electron chi connectivity index (χ2n) is 5.86. The molecule has 5 heteroatoms. The van der Waals surface area contributed by atoms with Crippen molar-refractivity contribution in [2.24, 2.45) is 0 Å². The topological polar surface area (TPSA) is 58.6 Å². The molecular weight excluding hydrogens is 268 g/mol. The van der Waals surface area contributed by atoms with Crippen LogP contribution in [0.5, 0.6) is 0 Å². The van der Waals surface area contributed by atoms with Crippen molar-refractivity contribution in [2.75, 3.05) is 32.2 Å². The first-order valence-corrected chi connectivity index (χ1v) is 7.05. The molecule has 1 heterocycles. The second kappa shape index (κ2) is 5.85. The Labute approximate surface area is 125 Å². The maximum atomic E-state index is 12.2. The molecule has 2 rings (SSSR count). The highest BCUT2D eigenvalue weighted by atomic mass is 16.5. The molecule has 0 aromatic heterocycles. The van der Waals surface area contributed by atoms with E-state index in [4.69, 9.17) is 4.74 Å². The number of nitrogens with zero attached hydrogens (tertiary/aromatic N) is 1. The van der Waals surface area contributed by atoms with Crippen LogP contribution in [0, 0.1) is 0 Å². The summed E-state index contributed by atoms with van der Waals surface area (Å²) in [7, 11) is 3.38. The summed E-state index contributed by atoms with van der Waals surface area (Å²) < 4.78 is 4.90. The molecule has 5 nitrogen and oxygen atoms in total. The van der Waals surface area contributed by atoms with Gasteiger partial charge < -0.3 is 15.0 Å². The number of fused-ring (bicyclic) bond motifs is 1. The van der Waals surface area contributed by atoms with Crippen molar-refractivity contribution < 1.29 is 14.3 Å². The molecule has 0 bridgehead atoms. The zero-order chi connectivity index (χ0) is 15.6. The smallest absolute Gasteiger partial charge is 0.236 e. The van der Waals surface area contributed by atoms with Gasteiger partial charge in [0, 0.05) is 26.4 Å². The summed E-state index contributed by atoms with van der Waals surface area (Å²) in [5, 5.41) is 2.80. The van der Waals surface area contributed by atoms with Crippen molar-refractivity contribution in [2.45, 2.75) is 25.7 Å². The Morgan fingerprint density at radius 3 is 2.76 bits per heavy atom. The molecule has 0 fully saturated rings. The molecule has 0 unspecified atom stereocenters. The summed E-state index contributed by atoms with van der Waals surface area (Å²) >= 11 is 0. The summed E-state index contributed by atoms with van der Waals surface area (Å²) in [5.41, 5.74) is 2.29. The van der Waals surface area contributed by atoms with E-state index in [-0.39, 0.29) is 11.8 Å². The van der Waals surface area contributed by atoms with Gasteiger partial charge in [-0.1, -0.05) is 12.1 Å². The monoisotopic (exact) mass is 290 g/mol. The van der Waals surface area contributed by atoms with Crippen LogP contribution in [0.3, 0.4) is 0 Å². The summed E-state index contributed by atoms with van der Waals surface area (Å²) in [4.78, 5) is 25.7. The zero-order valence-corrected chi connectivity index (χ0v) is 13.0. The van der Waals surface area contributed by atoms with Gasteiger partial charge in [0.15, 0.2) is 0 Å². The molecule has 0 saturated carbocycles. The molecule has 0 aliphatic carbocycles. The van der Waals surface area contributed by atoms with E-state index in [1.54, 1.807) is 19.1 Å². The highest BCUT2D eigenvalue weighted by molar-refractivity contribution is 6.07. The lowest BCUT2D eigenvalue weighted by Crippen LogP contribution is -2.33. The predicted molar refractivity (Wildman–Crippen MR) is 81.5 cm³/mol. The molecule has 0 saturated heterocycles. The lowest BCUT2D eigenvalue weighted by atomic mass is 9.85. The third kappa shape index (κ3) is 2.93. The maximum absolute atomic E-state index is 12.2. The molecule has 1 aromatic rings. The highest BCUT2D eigenvalue weighted by Crippen LogP contribution is 2.41. The van der Waals surface area contributed by atoms with Crippen LogP contribution in [0.15, 0.2) is 18.2 Å². The van der Waals surface area contributed by atoms with Gasteiger partial charge in [-0.05, 0) is 31.0 Å². The Balaban J connectivity index is 2.14. The number of nitrogens with one attached hydrogen (secondary N) is 1. The van der Waals surface area contributed by atoms with Crippen LogP contribution in [0.4, 0.5) is 5.69 Å². The number of hydrogen-bond acceptors (Lipinski definition) is 3. The predicted octanol–water partition coefficient (Wildman–Crippen LogP) is 1.25. The molecule has 1 aliphatic rings. The average Bonchev–Trinajstić information content (AvgIpc) is 2.61. The van der Waals surface area contributed by atoms with Gasteiger partial charge in [0.25, 0.3) is 0 Å². The molecule has 0 atom stereocenters. The van der Waals surface area contributed by atoms with Crippen molar-refractivity contribution >= 4 is 17.5 Å². The Hall–Kier alpha value is -1.88. The number of hydrogen-bond donors (Lipinski definition) is 1. The van der Waals surface area contributed by atoms with Gasteiger partial charge in [-0.15, -0.1) is 0 Å². The summed E-state index contributed by atoms with van der Waals surface area (Å²) in [5.74, 6) is 0.0432. The standard InChI is InChI=1S/C16H22N2O3/c1-16(2)12-9-11(10-14(19)17-7-8-21-4)5-6-13(12)18(3)15(16)20/h5-6,9H,7-8,10H2,1-4H3,(H,17,19). The lowest BCUT2D eigenvalue weighted by Gasteiger charge is -2.16. The van der Waals surface area contributed by atoms with Crippen molar-refractivity contribution in [3.63, 3.8) is 0 Å². The van der Waals surface area contributed by atoms with Gasteiger partial charge in [-0.2, -0.15) is 0 Å². The number of amides is 2. The number of rotatable bonds is 5. The van der Waals surface area contributed by atoms with E-state index < -0.39 is 5.41 Å². The van der Waals surface area contributed by atoms with Crippen molar-refractivity contribution in [1.82, 2.24) is 5.32 Å². The van der Waals surface area contributed by atoms with Gasteiger partial charge in [0.2, 0.25) is 11.8 Å². The Morgan fingerprint density at radius 2 is 2.10 bits per heavy atom. The fourth-order valence-electron chi connectivity index (χ4n) is 2.67. The van der Waals surface area contributed by atoms with Crippen molar-refractivity contribution in [1.29, 1.82) is 0 Å². The van der Waals surface area contributed by atoms with E-state index in [1.807, 2.05) is 32.0 Å². The molecule has 0 radical (unpaired) electrons. The van der Waals surface area contributed by atoms with E-state index >= 15 is 0 Å². The van der Waals surface area contributed by atoms with Gasteiger partial charge in [0.1, 0.15) is 0 Å².